The molecule has 0 atom stereocenters. The molecule has 8 nitrogen and oxygen atoms in total. The highest BCUT2D eigenvalue weighted by molar-refractivity contribution is 6.12. The van der Waals surface area contributed by atoms with E-state index in [0.29, 0.717) is 11.3 Å². The lowest BCUT2D eigenvalue weighted by Crippen LogP contribution is -2.25. The SMILES string of the molecule is COc1cc(O)c(C(=O)c2ccccc2)c(OC)c1.NC(=O)NO. The Bertz CT molecular complexity index is 703. The number of urea groups is 1. The zero-order valence-electron chi connectivity index (χ0n) is 13.1. The number of methoxy groups -OCH3 is 2. The quantitative estimate of drug-likeness (QED) is 0.382. The van der Waals surface area contributed by atoms with Gasteiger partial charge in [-0.1, -0.05) is 30.3 Å². The predicted molar refractivity (Wildman–Crippen MR) is 85.6 cm³/mol. The molecule has 0 aliphatic rings. The summed E-state index contributed by atoms with van der Waals surface area (Å²) in [5, 5.41) is 17.4. The minimum absolute atomic E-state index is 0.134. The van der Waals surface area contributed by atoms with E-state index in [1.807, 2.05) is 6.07 Å². The highest BCUT2D eigenvalue weighted by atomic mass is 16.5. The van der Waals surface area contributed by atoms with Crippen molar-refractivity contribution in [2.75, 3.05) is 14.2 Å². The molecule has 0 aromatic heterocycles. The molecule has 0 saturated carbocycles. The van der Waals surface area contributed by atoms with Crippen molar-refractivity contribution in [1.29, 1.82) is 0 Å². The number of benzene rings is 2. The van der Waals surface area contributed by atoms with Gasteiger partial charge < -0.3 is 20.3 Å². The molecule has 0 heterocycles. The molecule has 2 aromatic carbocycles. The summed E-state index contributed by atoms with van der Waals surface area (Å²) in [5.41, 5.74) is 6.08. The molecular weight excluding hydrogens is 316 g/mol. The molecule has 24 heavy (non-hydrogen) atoms. The Morgan fingerprint density at radius 2 is 1.67 bits per heavy atom. The van der Waals surface area contributed by atoms with Crippen LogP contribution in [-0.4, -0.2) is 36.3 Å². The highest BCUT2D eigenvalue weighted by Gasteiger charge is 2.20. The number of rotatable bonds is 4. The number of phenols is 1. The van der Waals surface area contributed by atoms with Crippen LogP contribution >= 0.6 is 0 Å². The van der Waals surface area contributed by atoms with Crippen LogP contribution in [0, 0.1) is 0 Å². The molecule has 0 unspecified atom stereocenters. The van der Waals surface area contributed by atoms with E-state index in [2.05, 4.69) is 5.73 Å². The first kappa shape index (κ1) is 18.8. The molecule has 0 radical (unpaired) electrons. The average Bonchev–Trinajstić information content (AvgIpc) is 2.61. The molecule has 0 saturated heterocycles. The van der Waals surface area contributed by atoms with Crippen molar-refractivity contribution in [3.05, 3.63) is 53.6 Å². The van der Waals surface area contributed by atoms with Gasteiger partial charge in [0.2, 0.25) is 5.78 Å². The number of ether oxygens (including phenoxy) is 2. The summed E-state index contributed by atoms with van der Waals surface area (Å²) in [5.74, 6) is 0.257. The minimum Gasteiger partial charge on any atom is -0.507 e. The number of carbonyl (C=O) groups is 2. The van der Waals surface area contributed by atoms with Crippen molar-refractivity contribution in [1.82, 2.24) is 5.48 Å². The standard InChI is InChI=1S/C15H14O4.CH4N2O2/c1-18-11-8-12(16)14(13(9-11)19-2)15(17)10-6-4-3-5-7-10;2-1(4)3-5/h3-9,16H,1-2H3;5H,(H3,2,3,4). The number of nitrogens with one attached hydrogen (secondary N) is 1. The van der Waals surface area contributed by atoms with Crippen LogP contribution in [0.15, 0.2) is 42.5 Å². The zero-order chi connectivity index (χ0) is 18.1. The maximum Gasteiger partial charge on any atom is 0.335 e. The largest absolute Gasteiger partial charge is 0.507 e. The Labute approximate surface area is 138 Å². The van der Waals surface area contributed by atoms with Crippen molar-refractivity contribution in [2.24, 2.45) is 5.73 Å². The predicted octanol–water partition coefficient (Wildman–Crippen LogP) is 1.68. The fraction of sp³-hybridized carbons (Fsp3) is 0.125. The Morgan fingerprint density at radius 3 is 2.12 bits per heavy atom. The van der Waals surface area contributed by atoms with Gasteiger partial charge in [0.05, 0.1) is 14.2 Å². The lowest BCUT2D eigenvalue weighted by atomic mass is 10.0. The molecule has 2 amide bonds. The monoisotopic (exact) mass is 334 g/mol. The second-order valence-electron chi connectivity index (χ2n) is 4.39. The van der Waals surface area contributed by atoms with E-state index in [9.17, 15) is 14.7 Å². The second-order valence-corrected chi connectivity index (χ2v) is 4.39. The van der Waals surface area contributed by atoms with Gasteiger partial charge in [0.15, 0.2) is 0 Å². The summed E-state index contributed by atoms with van der Waals surface area (Å²) in [6.45, 7) is 0. The molecule has 0 fully saturated rings. The van der Waals surface area contributed by atoms with Crippen molar-refractivity contribution >= 4 is 11.8 Å². The zero-order valence-corrected chi connectivity index (χ0v) is 13.1. The van der Waals surface area contributed by atoms with E-state index >= 15 is 0 Å². The third-order valence-corrected chi connectivity index (χ3v) is 2.88. The van der Waals surface area contributed by atoms with Crippen LogP contribution in [0.1, 0.15) is 15.9 Å². The van der Waals surface area contributed by atoms with Gasteiger partial charge in [-0.3, -0.25) is 10.0 Å². The lowest BCUT2D eigenvalue weighted by Gasteiger charge is -2.11. The second kappa shape index (κ2) is 9.01. The van der Waals surface area contributed by atoms with Crippen molar-refractivity contribution < 1.29 is 29.4 Å². The van der Waals surface area contributed by atoms with Gasteiger partial charge in [0.1, 0.15) is 22.8 Å². The first-order valence-electron chi connectivity index (χ1n) is 6.68. The number of nitrogens with two attached hydrogens (primary N) is 1. The molecule has 128 valence electrons. The highest BCUT2D eigenvalue weighted by Crippen LogP contribution is 2.34. The summed E-state index contributed by atoms with van der Waals surface area (Å²) in [7, 11) is 2.92. The fourth-order valence-corrected chi connectivity index (χ4v) is 1.82. The van der Waals surface area contributed by atoms with Crippen molar-refractivity contribution in [3.8, 4) is 17.2 Å². The number of hydrogen-bond donors (Lipinski definition) is 4. The summed E-state index contributed by atoms with van der Waals surface area (Å²) in [6, 6.07) is 10.7. The third kappa shape index (κ3) is 4.89. The fourth-order valence-electron chi connectivity index (χ4n) is 1.82. The van der Waals surface area contributed by atoms with Crippen LogP contribution in [0.4, 0.5) is 4.79 Å². The topological polar surface area (TPSA) is 131 Å². The normalized spacial score (nSPS) is 9.29. The van der Waals surface area contributed by atoms with Gasteiger partial charge >= 0.3 is 6.03 Å². The van der Waals surface area contributed by atoms with E-state index in [-0.39, 0.29) is 22.8 Å². The summed E-state index contributed by atoms with van der Waals surface area (Å²) < 4.78 is 10.2. The molecule has 8 heteroatoms. The van der Waals surface area contributed by atoms with E-state index in [0.717, 1.165) is 0 Å². The number of amides is 2. The van der Waals surface area contributed by atoms with Crippen LogP contribution in [0.25, 0.3) is 0 Å². The summed E-state index contributed by atoms with van der Waals surface area (Å²) in [4.78, 5) is 21.6. The smallest absolute Gasteiger partial charge is 0.335 e. The Morgan fingerprint density at radius 1 is 1.08 bits per heavy atom. The maximum absolute atomic E-state index is 12.4. The Kier molecular flexibility index (Phi) is 7.05. The van der Waals surface area contributed by atoms with Gasteiger partial charge in [0.25, 0.3) is 0 Å². The van der Waals surface area contributed by atoms with E-state index < -0.39 is 6.03 Å². The minimum atomic E-state index is -0.940. The number of primary amides is 1. The third-order valence-electron chi connectivity index (χ3n) is 2.88. The average molecular weight is 334 g/mol. The molecular formula is C16H18N2O6. The van der Waals surface area contributed by atoms with Crippen molar-refractivity contribution in [3.63, 3.8) is 0 Å². The van der Waals surface area contributed by atoms with Crippen LogP contribution in [-0.2, 0) is 0 Å². The molecule has 2 aromatic rings. The summed E-state index contributed by atoms with van der Waals surface area (Å²) in [6.07, 6.45) is 0. The first-order chi connectivity index (χ1) is 11.4. The van der Waals surface area contributed by atoms with E-state index in [1.54, 1.807) is 30.3 Å². The summed E-state index contributed by atoms with van der Waals surface area (Å²) >= 11 is 0. The number of carbonyl (C=O) groups excluding carboxylic acids is 2. The van der Waals surface area contributed by atoms with Gasteiger partial charge in [-0.25, -0.2) is 10.3 Å². The Hall–Kier alpha value is -3.26. The number of phenolic OH excluding ortho intramolecular Hbond substituents is 1. The van der Waals surface area contributed by atoms with Crippen LogP contribution in [0.2, 0.25) is 0 Å². The van der Waals surface area contributed by atoms with Gasteiger partial charge in [0, 0.05) is 17.7 Å². The number of hydroxylamine groups is 1. The van der Waals surface area contributed by atoms with E-state index in [1.165, 1.54) is 25.8 Å². The van der Waals surface area contributed by atoms with E-state index in [4.69, 9.17) is 14.7 Å². The number of aromatic hydroxyl groups is 1. The maximum atomic E-state index is 12.4. The molecule has 2 rings (SSSR count). The van der Waals surface area contributed by atoms with Crippen LogP contribution < -0.4 is 20.7 Å². The van der Waals surface area contributed by atoms with Crippen molar-refractivity contribution in [2.45, 2.75) is 0 Å². The molecule has 5 N–H and O–H groups in total. The molecule has 0 aliphatic carbocycles. The first-order valence-corrected chi connectivity index (χ1v) is 6.68. The Balaban J connectivity index is 0.000000505. The molecule has 0 bridgehead atoms. The molecule has 0 spiro atoms. The van der Waals surface area contributed by atoms with Crippen LogP contribution in [0.3, 0.4) is 0 Å². The number of ketones is 1. The van der Waals surface area contributed by atoms with Gasteiger partial charge in [-0.05, 0) is 0 Å². The lowest BCUT2D eigenvalue weighted by molar-refractivity contribution is 0.103. The van der Waals surface area contributed by atoms with Gasteiger partial charge in [-0.2, -0.15) is 0 Å². The molecule has 0 aliphatic heterocycles. The van der Waals surface area contributed by atoms with Crippen LogP contribution in [0.5, 0.6) is 17.2 Å². The number of hydrogen-bond acceptors (Lipinski definition) is 6. The van der Waals surface area contributed by atoms with Gasteiger partial charge in [-0.15, -0.1) is 0 Å².